The maximum absolute atomic E-state index is 5.97. The molecule has 2 aromatic heterocycles. The lowest BCUT2D eigenvalue weighted by molar-refractivity contribution is -0.737. The molecule has 2 aromatic carbocycles. The van der Waals surface area contributed by atoms with Gasteiger partial charge in [0.25, 0.3) is 0 Å². The number of hydrogen-bond donors (Lipinski definition) is 0. The van der Waals surface area contributed by atoms with E-state index in [1.807, 2.05) is 36.4 Å². The molecule has 0 aliphatic carbocycles. The number of benzene rings is 2. The van der Waals surface area contributed by atoms with Crippen LogP contribution in [0, 0.1) is 0 Å². The summed E-state index contributed by atoms with van der Waals surface area (Å²) in [5.41, 5.74) is 6.28. The van der Waals surface area contributed by atoms with E-state index in [4.69, 9.17) is 4.42 Å². The lowest BCUT2D eigenvalue weighted by Gasteiger charge is -2.32. The van der Waals surface area contributed by atoms with Gasteiger partial charge in [0.2, 0.25) is 17.5 Å². The maximum atomic E-state index is 5.97. The smallest absolute Gasteiger partial charge is 0.248 e. The molecule has 1 atom stereocenters. The number of hydrogen-bond acceptors (Lipinski definition) is 3. The minimum atomic E-state index is -0.143. The summed E-state index contributed by atoms with van der Waals surface area (Å²) in [6.07, 6.45) is 3.11. The molecule has 0 saturated carbocycles. The first-order valence-electron chi connectivity index (χ1n) is 9.86. The summed E-state index contributed by atoms with van der Waals surface area (Å²) in [5.74, 6) is 1.04. The number of rotatable bonds is 3. The highest BCUT2D eigenvalue weighted by atomic mass is 16.4. The molecule has 1 unspecified atom stereocenters. The number of allylic oxidation sites excluding steroid dienone is 1. The molecule has 1 aliphatic heterocycles. The van der Waals surface area contributed by atoms with Crippen LogP contribution in [-0.4, -0.2) is 10.2 Å². The lowest BCUT2D eigenvalue weighted by Crippen LogP contribution is -2.57. The van der Waals surface area contributed by atoms with E-state index < -0.39 is 0 Å². The van der Waals surface area contributed by atoms with E-state index in [0.29, 0.717) is 11.8 Å². The number of nitrogens with zero attached hydrogens (tertiary/aromatic N) is 3. The molecule has 142 valence electrons. The van der Waals surface area contributed by atoms with Gasteiger partial charge in [-0.2, -0.15) is 4.57 Å². The van der Waals surface area contributed by atoms with Crippen LogP contribution >= 0.6 is 0 Å². The Labute approximate surface area is 170 Å². The fourth-order valence-electron chi connectivity index (χ4n) is 4.10. The second-order valence-corrected chi connectivity index (χ2v) is 7.60. The standard InChI is InChI=1S/C25H22N3O/c1-4-25(3)17(2)20-14-13-19(16-21(20)22-12-8-9-15-28(22)25)24-27-26-23(29-24)18-10-6-5-7-11-18/h5-16H,2,4H2,1,3H3/q+1. The van der Waals surface area contributed by atoms with Crippen LogP contribution in [-0.2, 0) is 5.54 Å². The molecule has 0 amide bonds. The van der Waals surface area contributed by atoms with Crippen LogP contribution in [0.5, 0.6) is 0 Å². The van der Waals surface area contributed by atoms with Gasteiger partial charge in [-0.15, -0.1) is 10.2 Å². The van der Waals surface area contributed by atoms with Crippen LogP contribution in [0.1, 0.15) is 25.8 Å². The van der Waals surface area contributed by atoms with Gasteiger partial charge < -0.3 is 4.42 Å². The van der Waals surface area contributed by atoms with Crippen molar-refractivity contribution in [2.75, 3.05) is 0 Å². The third kappa shape index (κ3) is 2.64. The van der Waals surface area contributed by atoms with Crippen molar-refractivity contribution in [3.63, 3.8) is 0 Å². The van der Waals surface area contributed by atoms with Gasteiger partial charge in [0.1, 0.15) is 0 Å². The molecular weight excluding hydrogens is 358 g/mol. The second kappa shape index (κ2) is 6.52. The van der Waals surface area contributed by atoms with Gasteiger partial charge in [-0.05, 0) is 35.9 Å². The zero-order valence-corrected chi connectivity index (χ0v) is 16.6. The van der Waals surface area contributed by atoms with Gasteiger partial charge >= 0.3 is 0 Å². The Balaban J connectivity index is 1.63. The van der Waals surface area contributed by atoms with Gasteiger partial charge in [-0.25, -0.2) is 0 Å². The quantitative estimate of drug-likeness (QED) is 0.440. The first-order chi connectivity index (χ1) is 14.1. The van der Waals surface area contributed by atoms with Gasteiger partial charge in [-0.1, -0.05) is 37.8 Å². The van der Waals surface area contributed by atoms with E-state index in [9.17, 15) is 0 Å². The molecule has 4 heteroatoms. The topological polar surface area (TPSA) is 42.8 Å². The van der Waals surface area contributed by atoms with E-state index >= 15 is 0 Å². The summed E-state index contributed by atoms with van der Waals surface area (Å²) in [5, 5.41) is 8.52. The first kappa shape index (κ1) is 17.6. The molecule has 0 fully saturated rings. The molecule has 0 N–H and O–H groups in total. The fourth-order valence-corrected chi connectivity index (χ4v) is 4.10. The third-order valence-electron chi connectivity index (χ3n) is 6.04. The van der Waals surface area contributed by atoms with Gasteiger partial charge in [0.15, 0.2) is 11.7 Å². The van der Waals surface area contributed by atoms with Crippen LogP contribution in [0.3, 0.4) is 0 Å². The normalized spacial score (nSPS) is 17.7. The summed E-state index contributed by atoms with van der Waals surface area (Å²) < 4.78 is 8.30. The second-order valence-electron chi connectivity index (χ2n) is 7.60. The van der Waals surface area contributed by atoms with Gasteiger partial charge in [0.05, 0.1) is 5.56 Å². The average Bonchev–Trinajstić information content (AvgIpc) is 3.28. The molecule has 0 saturated heterocycles. The Bertz CT molecular complexity index is 1230. The fraction of sp³-hybridized carbons (Fsp3) is 0.160. The number of pyridine rings is 1. The first-order valence-corrected chi connectivity index (χ1v) is 9.86. The van der Waals surface area contributed by atoms with E-state index in [1.165, 1.54) is 11.3 Å². The van der Waals surface area contributed by atoms with E-state index in [0.717, 1.165) is 28.7 Å². The molecule has 1 aliphatic rings. The largest absolute Gasteiger partial charge is 0.416 e. The van der Waals surface area contributed by atoms with E-state index in [2.05, 4.69) is 71.7 Å². The molecule has 0 bridgehead atoms. The molecule has 0 radical (unpaired) electrons. The summed E-state index contributed by atoms with van der Waals surface area (Å²) in [6.45, 7) is 8.91. The zero-order chi connectivity index (χ0) is 20.0. The van der Waals surface area contributed by atoms with Gasteiger partial charge in [-0.3, -0.25) is 0 Å². The number of fused-ring (bicyclic) bond motifs is 3. The minimum absolute atomic E-state index is 0.143. The highest BCUT2D eigenvalue weighted by molar-refractivity contribution is 5.85. The van der Waals surface area contributed by atoms with Crippen molar-refractivity contribution in [1.82, 2.24) is 10.2 Å². The summed E-state index contributed by atoms with van der Waals surface area (Å²) in [4.78, 5) is 0. The zero-order valence-electron chi connectivity index (χ0n) is 16.6. The molecule has 4 aromatic rings. The average molecular weight is 380 g/mol. The predicted octanol–water partition coefficient (Wildman–Crippen LogP) is 5.51. The Morgan fingerprint density at radius 1 is 0.897 bits per heavy atom. The predicted molar refractivity (Wildman–Crippen MR) is 114 cm³/mol. The van der Waals surface area contributed by atoms with Crippen LogP contribution in [0.25, 0.3) is 39.7 Å². The Morgan fingerprint density at radius 3 is 2.38 bits per heavy atom. The highest BCUT2D eigenvalue weighted by Crippen LogP contribution is 2.42. The van der Waals surface area contributed by atoms with Crippen LogP contribution in [0.4, 0.5) is 0 Å². The third-order valence-corrected chi connectivity index (χ3v) is 6.04. The van der Waals surface area contributed by atoms with Crippen molar-refractivity contribution in [2.24, 2.45) is 0 Å². The minimum Gasteiger partial charge on any atom is -0.416 e. The van der Waals surface area contributed by atoms with Crippen molar-refractivity contribution in [3.8, 4) is 34.2 Å². The van der Waals surface area contributed by atoms with E-state index in [-0.39, 0.29) is 5.54 Å². The Morgan fingerprint density at radius 2 is 1.62 bits per heavy atom. The van der Waals surface area contributed by atoms with Crippen molar-refractivity contribution in [3.05, 3.63) is 85.1 Å². The monoisotopic (exact) mass is 380 g/mol. The van der Waals surface area contributed by atoms with Crippen molar-refractivity contribution in [2.45, 2.75) is 25.8 Å². The molecule has 4 nitrogen and oxygen atoms in total. The number of aromatic nitrogens is 3. The van der Waals surface area contributed by atoms with Crippen molar-refractivity contribution in [1.29, 1.82) is 0 Å². The highest BCUT2D eigenvalue weighted by Gasteiger charge is 2.43. The van der Waals surface area contributed by atoms with Crippen LogP contribution in [0.15, 0.2) is 83.9 Å². The summed E-state index contributed by atoms with van der Waals surface area (Å²) in [7, 11) is 0. The molecule has 29 heavy (non-hydrogen) atoms. The SMILES string of the molecule is C=C1c2ccc(-c3nnc(-c4ccccc4)o3)cc2-c2cccc[n+]2C1(C)CC. The van der Waals surface area contributed by atoms with Crippen molar-refractivity contribution >= 4 is 5.57 Å². The van der Waals surface area contributed by atoms with Crippen LogP contribution in [0.2, 0.25) is 0 Å². The molecule has 0 spiro atoms. The lowest BCUT2D eigenvalue weighted by atomic mass is 9.78. The summed E-state index contributed by atoms with van der Waals surface area (Å²) >= 11 is 0. The van der Waals surface area contributed by atoms with Gasteiger partial charge in [0, 0.05) is 42.2 Å². The molecule has 3 heterocycles. The Kier molecular flexibility index (Phi) is 3.95. The maximum Gasteiger partial charge on any atom is 0.248 e. The summed E-state index contributed by atoms with van der Waals surface area (Å²) in [6, 6.07) is 22.4. The van der Waals surface area contributed by atoms with E-state index in [1.54, 1.807) is 0 Å². The Hall–Kier alpha value is -3.53. The molecule has 5 rings (SSSR count). The van der Waals surface area contributed by atoms with Crippen LogP contribution < -0.4 is 4.57 Å². The van der Waals surface area contributed by atoms with Crippen molar-refractivity contribution < 1.29 is 8.98 Å². The molecular formula is C25H22N3O+.